The van der Waals surface area contributed by atoms with Crippen LogP contribution in [-0.2, 0) is 16.6 Å². The number of halogens is 2. The SMILES string of the molecule is COc1c(Br)cc(CNCCS(N)(=O)=O)cc1Br. The van der Waals surface area contributed by atoms with Crippen LogP contribution in [0.1, 0.15) is 5.56 Å². The lowest BCUT2D eigenvalue weighted by Gasteiger charge is -2.10. The summed E-state index contributed by atoms with van der Waals surface area (Å²) in [6.07, 6.45) is 0. The van der Waals surface area contributed by atoms with E-state index in [4.69, 9.17) is 9.88 Å². The van der Waals surface area contributed by atoms with Crippen molar-refractivity contribution >= 4 is 41.9 Å². The second-order valence-corrected chi connectivity index (χ2v) is 7.08. The molecule has 3 N–H and O–H groups in total. The van der Waals surface area contributed by atoms with Crippen molar-refractivity contribution in [3.05, 3.63) is 26.6 Å². The van der Waals surface area contributed by atoms with E-state index in [-0.39, 0.29) is 5.75 Å². The number of benzene rings is 1. The van der Waals surface area contributed by atoms with Crippen molar-refractivity contribution in [2.45, 2.75) is 6.54 Å². The average Bonchev–Trinajstić information content (AvgIpc) is 2.23. The van der Waals surface area contributed by atoms with E-state index in [9.17, 15) is 8.42 Å². The van der Waals surface area contributed by atoms with Gasteiger partial charge >= 0.3 is 0 Å². The molecule has 0 saturated heterocycles. The smallest absolute Gasteiger partial charge is 0.210 e. The second kappa shape index (κ2) is 6.85. The zero-order valence-electron chi connectivity index (χ0n) is 9.74. The molecule has 0 atom stereocenters. The number of methoxy groups -OCH3 is 1. The van der Waals surface area contributed by atoms with Gasteiger partial charge in [-0.15, -0.1) is 0 Å². The summed E-state index contributed by atoms with van der Waals surface area (Å²) in [6, 6.07) is 3.82. The van der Waals surface area contributed by atoms with Crippen LogP contribution >= 0.6 is 31.9 Å². The van der Waals surface area contributed by atoms with E-state index in [0.29, 0.717) is 13.1 Å². The molecule has 5 nitrogen and oxygen atoms in total. The number of nitrogens with one attached hydrogen (secondary N) is 1. The Balaban J connectivity index is 2.59. The molecule has 0 fully saturated rings. The van der Waals surface area contributed by atoms with Gasteiger partial charge in [0.1, 0.15) is 5.75 Å². The Hall–Kier alpha value is -0.150. The minimum atomic E-state index is -3.41. The summed E-state index contributed by atoms with van der Waals surface area (Å²) in [7, 11) is -1.81. The zero-order chi connectivity index (χ0) is 13.8. The molecule has 0 aliphatic rings. The number of primary sulfonamides is 1. The molecule has 0 radical (unpaired) electrons. The molecular formula is C10H14Br2N2O3S. The van der Waals surface area contributed by atoms with Crippen molar-refractivity contribution in [1.82, 2.24) is 5.32 Å². The molecular weight excluding hydrogens is 388 g/mol. The highest BCUT2D eigenvalue weighted by Gasteiger charge is 2.08. The van der Waals surface area contributed by atoms with Crippen molar-refractivity contribution < 1.29 is 13.2 Å². The lowest BCUT2D eigenvalue weighted by Crippen LogP contribution is -2.26. The first-order valence-corrected chi connectivity index (χ1v) is 8.36. The first-order valence-electron chi connectivity index (χ1n) is 5.06. The molecule has 18 heavy (non-hydrogen) atoms. The molecule has 0 aromatic heterocycles. The molecule has 8 heteroatoms. The summed E-state index contributed by atoms with van der Waals surface area (Å²) < 4.78 is 28.3. The van der Waals surface area contributed by atoms with E-state index in [1.54, 1.807) is 7.11 Å². The van der Waals surface area contributed by atoms with Crippen LogP contribution in [0.5, 0.6) is 5.75 Å². The second-order valence-electron chi connectivity index (χ2n) is 3.64. The van der Waals surface area contributed by atoms with Crippen LogP contribution < -0.4 is 15.2 Å². The van der Waals surface area contributed by atoms with Crippen molar-refractivity contribution in [2.75, 3.05) is 19.4 Å². The van der Waals surface area contributed by atoms with Gasteiger partial charge in [-0.3, -0.25) is 0 Å². The molecule has 0 bridgehead atoms. The third kappa shape index (κ3) is 5.23. The summed E-state index contributed by atoms with van der Waals surface area (Å²) >= 11 is 6.80. The number of hydrogen-bond acceptors (Lipinski definition) is 4. The largest absolute Gasteiger partial charge is 0.494 e. The molecule has 1 rings (SSSR count). The lowest BCUT2D eigenvalue weighted by atomic mass is 10.2. The van der Waals surface area contributed by atoms with Crippen molar-refractivity contribution in [3.63, 3.8) is 0 Å². The quantitative estimate of drug-likeness (QED) is 0.709. The van der Waals surface area contributed by atoms with Gasteiger partial charge in [0.25, 0.3) is 0 Å². The van der Waals surface area contributed by atoms with E-state index in [1.165, 1.54) is 0 Å². The highest BCUT2D eigenvalue weighted by molar-refractivity contribution is 9.11. The lowest BCUT2D eigenvalue weighted by molar-refractivity contribution is 0.409. The minimum Gasteiger partial charge on any atom is -0.494 e. The molecule has 102 valence electrons. The number of hydrogen-bond donors (Lipinski definition) is 2. The van der Waals surface area contributed by atoms with Gasteiger partial charge in [-0.1, -0.05) is 0 Å². The van der Waals surface area contributed by atoms with Crippen LogP contribution in [0, 0.1) is 0 Å². The van der Waals surface area contributed by atoms with Gasteiger partial charge in [0, 0.05) is 13.1 Å². The predicted octanol–water partition coefficient (Wildman–Crippen LogP) is 1.60. The van der Waals surface area contributed by atoms with Gasteiger partial charge in [0.2, 0.25) is 10.0 Å². The van der Waals surface area contributed by atoms with E-state index < -0.39 is 10.0 Å². The maximum atomic E-state index is 10.7. The fourth-order valence-electron chi connectivity index (χ4n) is 1.36. The van der Waals surface area contributed by atoms with Gasteiger partial charge in [0.05, 0.1) is 21.8 Å². The van der Waals surface area contributed by atoms with Crippen LogP contribution in [0.4, 0.5) is 0 Å². The first-order chi connectivity index (χ1) is 8.33. The van der Waals surface area contributed by atoms with Gasteiger partial charge in [-0.05, 0) is 49.6 Å². The highest BCUT2D eigenvalue weighted by Crippen LogP contribution is 2.34. The molecule has 0 heterocycles. The number of nitrogens with two attached hydrogens (primary N) is 1. The Labute approximate surface area is 123 Å². The molecule has 0 aliphatic heterocycles. The predicted molar refractivity (Wildman–Crippen MR) is 78.1 cm³/mol. The van der Waals surface area contributed by atoms with Crippen LogP contribution in [0.3, 0.4) is 0 Å². The molecule has 0 unspecified atom stereocenters. The zero-order valence-corrected chi connectivity index (χ0v) is 13.7. The van der Waals surface area contributed by atoms with Crippen molar-refractivity contribution in [2.24, 2.45) is 5.14 Å². The molecule has 1 aromatic carbocycles. The Morgan fingerprint density at radius 2 is 1.89 bits per heavy atom. The third-order valence-corrected chi connectivity index (χ3v) is 4.11. The topological polar surface area (TPSA) is 81.4 Å². The van der Waals surface area contributed by atoms with Crippen molar-refractivity contribution in [1.29, 1.82) is 0 Å². The van der Waals surface area contributed by atoms with E-state index in [1.807, 2.05) is 12.1 Å². The number of sulfonamides is 1. The first kappa shape index (κ1) is 15.9. The average molecular weight is 402 g/mol. The molecule has 0 spiro atoms. The van der Waals surface area contributed by atoms with Crippen LogP contribution in [0.15, 0.2) is 21.1 Å². The number of ether oxygens (including phenoxy) is 1. The van der Waals surface area contributed by atoms with Crippen LogP contribution in [0.2, 0.25) is 0 Å². The molecule has 0 aliphatic carbocycles. The maximum Gasteiger partial charge on any atom is 0.210 e. The standard InChI is InChI=1S/C10H14Br2N2O3S/c1-17-10-8(11)4-7(5-9(10)12)6-14-2-3-18(13,15)16/h4-5,14H,2-3,6H2,1H3,(H2,13,15,16). The molecule has 1 aromatic rings. The highest BCUT2D eigenvalue weighted by atomic mass is 79.9. The monoisotopic (exact) mass is 400 g/mol. The molecule has 0 amide bonds. The Bertz CT molecular complexity index is 497. The Kier molecular flexibility index (Phi) is 6.06. The summed E-state index contributed by atoms with van der Waals surface area (Å²) in [6.45, 7) is 0.872. The van der Waals surface area contributed by atoms with E-state index in [0.717, 1.165) is 20.3 Å². The summed E-state index contributed by atoms with van der Waals surface area (Å²) in [5.74, 6) is 0.647. The Morgan fingerprint density at radius 1 is 1.33 bits per heavy atom. The normalized spacial score (nSPS) is 11.6. The van der Waals surface area contributed by atoms with Gasteiger partial charge in [0.15, 0.2) is 0 Å². The van der Waals surface area contributed by atoms with Crippen LogP contribution in [0.25, 0.3) is 0 Å². The van der Waals surface area contributed by atoms with Gasteiger partial charge in [-0.25, -0.2) is 13.6 Å². The van der Waals surface area contributed by atoms with E-state index >= 15 is 0 Å². The Morgan fingerprint density at radius 3 is 2.33 bits per heavy atom. The van der Waals surface area contributed by atoms with Crippen molar-refractivity contribution in [3.8, 4) is 5.75 Å². The fourth-order valence-corrected chi connectivity index (χ4v) is 3.39. The minimum absolute atomic E-state index is 0.0779. The fraction of sp³-hybridized carbons (Fsp3) is 0.400. The molecule has 0 saturated carbocycles. The summed E-state index contributed by atoms with van der Waals surface area (Å²) in [5.41, 5.74) is 1.00. The van der Waals surface area contributed by atoms with E-state index in [2.05, 4.69) is 37.2 Å². The van der Waals surface area contributed by atoms with Gasteiger partial charge in [-0.2, -0.15) is 0 Å². The summed E-state index contributed by atoms with van der Waals surface area (Å²) in [5, 5.41) is 7.91. The number of rotatable bonds is 6. The maximum absolute atomic E-state index is 10.7. The van der Waals surface area contributed by atoms with Crippen LogP contribution in [-0.4, -0.2) is 27.8 Å². The third-order valence-electron chi connectivity index (χ3n) is 2.15. The summed E-state index contributed by atoms with van der Waals surface area (Å²) in [4.78, 5) is 0. The van der Waals surface area contributed by atoms with Gasteiger partial charge < -0.3 is 10.1 Å².